The Morgan fingerprint density at radius 3 is 3.11 bits per heavy atom. The minimum absolute atomic E-state index is 0.111. The number of hydrogen-bond acceptors (Lipinski definition) is 1. The van der Waals surface area contributed by atoms with E-state index in [2.05, 4.69) is 12.7 Å². The van der Waals surface area contributed by atoms with E-state index in [4.69, 9.17) is 5.11 Å². The van der Waals surface area contributed by atoms with Crippen molar-refractivity contribution < 1.29 is 5.11 Å². The van der Waals surface area contributed by atoms with Gasteiger partial charge in [-0.15, -0.1) is 6.58 Å². The predicted molar refractivity (Wildman–Crippen MR) is 38.1 cm³/mol. The topological polar surface area (TPSA) is 20.2 Å². The molecule has 9 heavy (non-hydrogen) atoms. The Balaban J connectivity index is 2.35. The largest absolute Gasteiger partial charge is 0.392 e. The number of aliphatic hydroxyl groups is 1. The SMILES string of the molecule is C=CCC1=CCC(O)C1. The van der Waals surface area contributed by atoms with Crippen LogP contribution in [0.4, 0.5) is 0 Å². The molecule has 1 heteroatoms. The van der Waals surface area contributed by atoms with Crippen LogP contribution in [0.1, 0.15) is 19.3 Å². The monoisotopic (exact) mass is 124 g/mol. The molecule has 0 aromatic rings. The summed E-state index contributed by atoms with van der Waals surface area (Å²) in [5, 5.41) is 9.04. The third kappa shape index (κ3) is 1.68. The Morgan fingerprint density at radius 1 is 1.89 bits per heavy atom. The first kappa shape index (κ1) is 6.56. The molecule has 0 bridgehead atoms. The standard InChI is InChI=1S/C8H12O/c1-2-3-7-4-5-8(9)6-7/h2,4,8-9H,1,3,5-6H2. The van der Waals surface area contributed by atoms with Crippen LogP contribution in [0.15, 0.2) is 24.3 Å². The Labute approximate surface area is 55.7 Å². The van der Waals surface area contributed by atoms with Crippen molar-refractivity contribution in [2.45, 2.75) is 25.4 Å². The van der Waals surface area contributed by atoms with Crippen molar-refractivity contribution in [3.8, 4) is 0 Å². The van der Waals surface area contributed by atoms with Crippen molar-refractivity contribution in [3.63, 3.8) is 0 Å². The molecule has 0 radical (unpaired) electrons. The molecule has 0 spiro atoms. The minimum atomic E-state index is -0.111. The van der Waals surface area contributed by atoms with Gasteiger partial charge < -0.3 is 5.11 Å². The summed E-state index contributed by atoms with van der Waals surface area (Å²) < 4.78 is 0. The maximum absolute atomic E-state index is 9.04. The zero-order valence-corrected chi connectivity index (χ0v) is 5.51. The van der Waals surface area contributed by atoms with Crippen LogP contribution in [0.25, 0.3) is 0 Å². The molecule has 0 saturated heterocycles. The van der Waals surface area contributed by atoms with Gasteiger partial charge in [0.25, 0.3) is 0 Å². The first-order chi connectivity index (χ1) is 4.33. The Morgan fingerprint density at radius 2 is 2.67 bits per heavy atom. The van der Waals surface area contributed by atoms with Crippen molar-refractivity contribution in [2.75, 3.05) is 0 Å². The lowest BCUT2D eigenvalue weighted by molar-refractivity contribution is 0.187. The summed E-state index contributed by atoms with van der Waals surface area (Å²) in [6, 6.07) is 0. The number of aliphatic hydroxyl groups excluding tert-OH is 1. The van der Waals surface area contributed by atoms with E-state index in [9.17, 15) is 0 Å². The molecule has 0 heterocycles. The van der Waals surface area contributed by atoms with Gasteiger partial charge in [-0.2, -0.15) is 0 Å². The summed E-state index contributed by atoms with van der Waals surface area (Å²) in [7, 11) is 0. The van der Waals surface area contributed by atoms with Gasteiger partial charge in [-0.1, -0.05) is 17.7 Å². The van der Waals surface area contributed by atoms with Crippen LogP contribution in [-0.4, -0.2) is 11.2 Å². The van der Waals surface area contributed by atoms with Crippen LogP contribution in [-0.2, 0) is 0 Å². The fraction of sp³-hybridized carbons (Fsp3) is 0.500. The number of rotatable bonds is 2. The van der Waals surface area contributed by atoms with E-state index in [1.807, 2.05) is 6.08 Å². The van der Waals surface area contributed by atoms with E-state index in [1.165, 1.54) is 5.57 Å². The predicted octanol–water partition coefficient (Wildman–Crippen LogP) is 1.64. The maximum atomic E-state index is 9.04. The molecule has 1 rings (SSSR count). The molecule has 1 aliphatic carbocycles. The normalized spacial score (nSPS) is 25.9. The first-order valence-corrected chi connectivity index (χ1v) is 3.30. The highest BCUT2D eigenvalue weighted by atomic mass is 16.3. The second-order valence-electron chi connectivity index (χ2n) is 2.45. The van der Waals surface area contributed by atoms with Gasteiger partial charge >= 0.3 is 0 Å². The van der Waals surface area contributed by atoms with Crippen molar-refractivity contribution >= 4 is 0 Å². The molecule has 1 N–H and O–H groups in total. The van der Waals surface area contributed by atoms with E-state index in [-0.39, 0.29) is 6.10 Å². The van der Waals surface area contributed by atoms with Gasteiger partial charge in [-0.3, -0.25) is 0 Å². The lowest BCUT2D eigenvalue weighted by Crippen LogP contribution is -1.97. The molecular formula is C8H12O. The van der Waals surface area contributed by atoms with Crippen LogP contribution >= 0.6 is 0 Å². The average Bonchev–Trinajstić information content (AvgIpc) is 2.17. The van der Waals surface area contributed by atoms with E-state index in [1.54, 1.807) is 0 Å². The summed E-state index contributed by atoms with van der Waals surface area (Å²) in [4.78, 5) is 0. The number of hydrogen-bond donors (Lipinski definition) is 1. The Hall–Kier alpha value is -0.560. The molecule has 0 aliphatic heterocycles. The molecular weight excluding hydrogens is 112 g/mol. The second kappa shape index (κ2) is 2.83. The number of allylic oxidation sites excluding steroid dienone is 1. The van der Waals surface area contributed by atoms with E-state index in [0.717, 1.165) is 19.3 Å². The van der Waals surface area contributed by atoms with Crippen LogP contribution in [0, 0.1) is 0 Å². The van der Waals surface area contributed by atoms with Crippen molar-refractivity contribution in [1.29, 1.82) is 0 Å². The summed E-state index contributed by atoms with van der Waals surface area (Å²) in [6.07, 6.45) is 6.50. The van der Waals surface area contributed by atoms with Crippen molar-refractivity contribution in [2.24, 2.45) is 0 Å². The van der Waals surface area contributed by atoms with Crippen LogP contribution in [0.5, 0.6) is 0 Å². The van der Waals surface area contributed by atoms with Crippen LogP contribution < -0.4 is 0 Å². The summed E-state index contributed by atoms with van der Waals surface area (Å²) in [5.74, 6) is 0. The molecule has 0 aromatic carbocycles. The van der Waals surface area contributed by atoms with Gasteiger partial charge in [0.2, 0.25) is 0 Å². The second-order valence-corrected chi connectivity index (χ2v) is 2.45. The van der Waals surface area contributed by atoms with Gasteiger partial charge in [0.15, 0.2) is 0 Å². The van der Waals surface area contributed by atoms with Gasteiger partial charge in [0.1, 0.15) is 0 Å². The van der Waals surface area contributed by atoms with E-state index in [0.29, 0.717) is 0 Å². The summed E-state index contributed by atoms with van der Waals surface area (Å²) in [5.41, 5.74) is 1.33. The average molecular weight is 124 g/mol. The zero-order valence-electron chi connectivity index (χ0n) is 5.51. The third-order valence-corrected chi connectivity index (χ3v) is 1.58. The maximum Gasteiger partial charge on any atom is 0.0611 e. The molecule has 50 valence electrons. The van der Waals surface area contributed by atoms with Gasteiger partial charge in [0, 0.05) is 0 Å². The van der Waals surface area contributed by atoms with Crippen LogP contribution in [0.3, 0.4) is 0 Å². The molecule has 1 unspecified atom stereocenters. The Kier molecular flexibility index (Phi) is 2.06. The zero-order chi connectivity index (χ0) is 6.69. The highest BCUT2D eigenvalue weighted by molar-refractivity contribution is 5.13. The molecule has 0 saturated carbocycles. The fourth-order valence-electron chi connectivity index (χ4n) is 1.12. The molecule has 1 nitrogen and oxygen atoms in total. The lowest BCUT2D eigenvalue weighted by atomic mass is 10.1. The smallest absolute Gasteiger partial charge is 0.0611 e. The first-order valence-electron chi connectivity index (χ1n) is 3.30. The quantitative estimate of drug-likeness (QED) is 0.555. The summed E-state index contributed by atoms with van der Waals surface area (Å²) >= 11 is 0. The van der Waals surface area contributed by atoms with Gasteiger partial charge in [-0.05, 0) is 19.3 Å². The minimum Gasteiger partial charge on any atom is -0.392 e. The highest BCUT2D eigenvalue weighted by Gasteiger charge is 2.11. The summed E-state index contributed by atoms with van der Waals surface area (Å²) in [6.45, 7) is 3.63. The van der Waals surface area contributed by atoms with Crippen LogP contribution in [0.2, 0.25) is 0 Å². The Bertz CT molecular complexity index is 136. The lowest BCUT2D eigenvalue weighted by Gasteiger charge is -1.98. The molecule has 0 amide bonds. The molecule has 1 atom stereocenters. The van der Waals surface area contributed by atoms with E-state index >= 15 is 0 Å². The van der Waals surface area contributed by atoms with Crippen molar-refractivity contribution in [3.05, 3.63) is 24.3 Å². The van der Waals surface area contributed by atoms with Gasteiger partial charge in [0.05, 0.1) is 6.10 Å². The molecule has 0 aromatic heterocycles. The van der Waals surface area contributed by atoms with Crippen molar-refractivity contribution in [1.82, 2.24) is 0 Å². The third-order valence-electron chi connectivity index (χ3n) is 1.58. The molecule has 1 aliphatic rings. The fourth-order valence-corrected chi connectivity index (χ4v) is 1.12. The van der Waals surface area contributed by atoms with Gasteiger partial charge in [-0.25, -0.2) is 0 Å². The highest BCUT2D eigenvalue weighted by Crippen LogP contribution is 2.20. The molecule has 0 fully saturated rings. The van der Waals surface area contributed by atoms with E-state index < -0.39 is 0 Å².